The smallest absolute Gasteiger partial charge is 0.344 e. The number of nitrogens with zero attached hydrogens (tertiary/aromatic N) is 3. The van der Waals surface area contributed by atoms with E-state index in [1.54, 1.807) is 18.3 Å². The van der Waals surface area contributed by atoms with E-state index in [9.17, 15) is 25.0 Å². The molecule has 0 aliphatic carbocycles. The summed E-state index contributed by atoms with van der Waals surface area (Å²) >= 11 is 0. The van der Waals surface area contributed by atoms with Crippen molar-refractivity contribution in [3.63, 3.8) is 0 Å². The number of carbonyl (C=O) groups is 1. The second-order valence-corrected chi connectivity index (χ2v) is 6.45. The highest BCUT2D eigenvalue weighted by Crippen LogP contribution is 2.24. The molecule has 0 amide bonds. The maximum Gasteiger partial charge on any atom is 0.344 e. The van der Waals surface area contributed by atoms with Crippen LogP contribution in [0.3, 0.4) is 0 Å². The molecule has 9 nitrogen and oxygen atoms in total. The van der Waals surface area contributed by atoms with Gasteiger partial charge in [-0.15, -0.1) is 0 Å². The van der Waals surface area contributed by atoms with Crippen LogP contribution in [0.1, 0.15) is 28.4 Å². The van der Waals surface area contributed by atoms with Crippen LogP contribution in [0.5, 0.6) is 5.75 Å². The minimum atomic E-state index is -0.940. The summed E-state index contributed by atoms with van der Waals surface area (Å²) < 4.78 is 5.20. The van der Waals surface area contributed by atoms with Crippen molar-refractivity contribution in [3.8, 4) is 5.75 Å². The average molecular weight is 419 g/mol. The van der Waals surface area contributed by atoms with Crippen LogP contribution in [0.15, 0.2) is 71.7 Å². The monoisotopic (exact) mass is 419 g/mol. The van der Waals surface area contributed by atoms with Crippen molar-refractivity contribution in [3.05, 3.63) is 104 Å². The van der Waals surface area contributed by atoms with Crippen molar-refractivity contribution in [1.82, 2.24) is 0 Å². The van der Waals surface area contributed by atoms with Gasteiger partial charge in [-0.2, -0.15) is 0 Å². The molecule has 0 aliphatic heterocycles. The van der Waals surface area contributed by atoms with Gasteiger partial charge < -0.3 is 4.74 Å². The molecule has 0 radical (unpaired) electrons. The molecule has 0 fully saturated rings. The van der Waals surface area contributed by atoms with E-state index in [0.29, 0.717) is 0 Å². The Labute approximate surface area is 176 Å². The van der Waals surface area contributed by atoms with E-state index in [-0.39, 0.29) is 11.3 Å². The number of aryl methyl sites for hydroxylation is 1. The zero-order chi connectivity index (χ0) is 22.4. The van der Waals surface area contributed by atoms with E-state index in [1.807, 2.05) is 31.2 Å². The average Bonchev–Trinajstić information content (AvgIpc) is 2.78. The zero-order valence-corrected chi connectivity index (χ0v) is 16.4. The molecule has 0 atom stereocenters. The Hall–Kier alpha value is -4.40. The molecule has 3 rings (SSSR count). The second kappa shape index (κ2) is 9.40. The highest BCUT2D eigenvalue weighted by Gasteiger charge is 2.21. The Balaban J connectivity index is 1.75. The maximum atomic E-state index is 12.3. The number of rotatable bonds is 7. The molecule has 0 aliphatic rings. The van der Waals surface area contributed by atoms with Crippen LogP contribution in [-0.4, -0.2) is 22.0 Å². The topological polar surface area (TPSA) is 125 Å². The fourth-order valence-electron chi connectivity index (χ4n) is 2.79. The first-order valence-corrected chi connectivity index (χ1v) is 9.25. The third kappa shape index (κ3) is 5.36. The van der Waals surface area contributed by atoms with Gasteiger partial charge in [0, 0.05) is 18.3 Å². The Morgan fingerprint density at radius 3 is 2.16 bits per heavy atom. The summed E-state index contributed by atoms with van der Waals surface area (Å²) in [5.74, 6) is -0.754. The van der Waals surface area contributed by atoms with Gasteiger partial charge in [0.05, 0.1) is 27.2 Å². The predicted octanol–water partition coefficient (Wildman–Crippen LogP) is 5.04. The quantitative estimate of drug-likeness (QED) is 0.174. The molecule has 0 saturated carbocycles. The lowest BCUT2D eigenvalue weighted by molar-refractivity contribution is -0.394. The lowest BCUT2D eigenvalue weighted by Gasteiger charge is -2.05. The summed E-state index contributed by atoms with van der Waals surface area (Å²) in [5, 5.41) is 21.9. The molecule has 0 unspecified atom stereocenters. The lowest BCUT2D eigenvalue weighted by atomic mass is 10.1. The Bertz CT molecular complexity index is 1140. The molecular formula is C22H17N3O6. The van der Waals surface area contributed by atoms with Crippen LogP contribution in [0.4, 0.5) is 17.1 Å². The molecule has 3 aromatic rings. The number of nitro benzene ring substituents is 2. The van der Waals surface area contributed by atoms with Crippen molar-refractivity contribution >= 4 is 29.2 Å². The fraction of sp³-hybridized carbons (Fsp3) is 0.0909. The number of hydrogen-bond acceptors (Lipinski definition) is 7. The van der Waals surface area contributed by atoms with Crippen LogP contribution in [0.25, 0.3) is 0 Å². The SMILES string of the molecule is CCc1ccccc1N=Cc1ccc(OC(=O)c2cc([N+](=O)[O-])cc([N+](=O)[O-])c2)cc1. The van der Waals surface area contributed by atoms with Crippen LogP contribution in [-0.2, 0) is 6.42 Å². The van der Waals surface area contributed by atoms with Gasteiger partial charge in [-0.25, -0.2) is 4.79 Å². The molecule has 156 valence electrons. The molecule has 0 spiro atoms. The third-order valence-corrected chi connectivity index (χ3v) is 4.38. The van der Waals surface area contributed by atoms with E-state index in [1.165, 1.54) is 12.1 Å². The number of carbonyl (C=O) groups excluding carboxylic acids is 1. The minimum Gasteiger partial charge on any atom is -0.423 e. The normalized spacial score (nSPS) is 10.7. The van der Waals surface area contributed by atoms with Crippen LogP contribution >= 0.6 is 0 Å². The lowest BCUT2D eigenvalue weighted by Crippen LogP contribution is -2.09. The van der Waals surface area contributed by atoms with Crippen molar-refractivity contribution in [2.24, 2.45) is 4.99 Å². The summed E-state index contributed by atoms with van der Waals surface area (Å²) in [6.07, 6.45) is 2.54. The molecule has 3 aromatic carbocycles. The highest BCUT2D eigenvalue weighted by molar-refractivity contribution is 5.92. The van der Waals surface area contributed by atoms with E-state index >= 15 is 0 Å². The van der Waals surface area contributed by atoms with E-state index in [2.05, 4.69) is 4.99 Å². The Kier molecular flexibility index (Phi) is 6.46. The first-order valence-electron chi connectivity index (χ1n) is 9.25. The number of non-ortho nitro benzene ring substituents is 2. The Morgan fingerprint density at radius 2 is 1.58 bits per heavy atom. The summed E-state index contributed by atoms with van der Waals surface area (Å²) in [4.78, 5) is 37.1. The van der Waals surface area contributed by atoms with Crippen LogP contribution in [0, 0.1) is 20.2 Å². The fourth-order valence-corrected chi connectivity index (χ4v) is 2.79. The van der Waals surface area contributed by atoms with Crippen LogP contribution < -0.4 is 4.74 Å². The van der Waals surface area contributed by atoms with Crippen LogP contribution in [0.2, 0.25) is 0 Å². The molecule has 0 heterocycles. The van der Waals surface area contributed by atoms with E-state index in [4.69, 9.17) is 4.74 Å². The number of esters is 1. The van der Waals surface area contributed by atoms with Gasteiger partial charge in [-0.1, -0.05) is 25.1 Å². The van der Waals surface area contributed by atoms with Gasteiger partial charge in [0.25, 0.3) is 11.4 Å². The molecule has 0 N–H and O–H groups in total. The molecule has 9 heteroatoms. The third-order valence-electron chi connectivity index (χ3n) is 4.38. The number of aliphatic imine (C=N–C) groups is 1. The standard InChI is InChI=1S/C22H17N3O6/c1-2-16-5-3-4-6-21(16)23-14-15-7-9-20(10-8-15)31-22(26)17-11-18(24(27)28)13-19(12-17)25(29)30/h3-14H,2H2,1H3. The number of ether oxygens (including phenoxy) is 1. The van der Waals surface area contributed by atoms with E-state index in [0.717, 1.165) is 41.4 Å². The van der Waals surface area contributed by atoms with Crippen molar-refractivity contribution in [2.45, 2.75) is 13.3 Å². The van der Waals surface area contributed by atoms with E-state index < -0.39 is 27.2 Å². The minimum absolute atomic E-state index is 0.185. The molecule has 31 heavy (non-hydrogen) atoms. The summed E-state index contributed by atoms with van der Waals surface area (Å²) in [7, 11) is 0. The van der Waals surface area contributed by atoms with Gasteiger partial charge in [0.1, 0.15) is 5.75 Å². The molecule has 0 bridgehead atoms. The van der Waals surface area contributed by atoms with Crippen molar-refractivity contribution in [1.29, 1.82) is 0 Å². The molecular weight excluding hydrogens is 402 g/mol. The number of hydrogen-bond donors (Lipinski definition) is 0. The number of nitro groups is 2. The largest absolute Gasteiger partial charge is 0.423 e. The van der Waals surface area contributed by atoms with Gasteiger partial charge >= 0.3 is 5.97 Å². The maximum absolute atomic E-state index is 12.3. The molecule has 0 aromatic heterocycles. The molecule has 0 saturated heterocycles. The number of para-hydroxylation sites is 1. The Morgan fingerprint density at radius 1 is 0.968 bits per heavy atom. The first-order chi connectivity index (χ1) is 14.9. The summed E-state index contributed by atoms with van der Waals surface area (Å²) in [6, 6.07) is 16.9. The number of benzene rings is 3. The zero-order valence-electron chi connectivity index (χ0n) is 16.4. The van der Waals surface area contributed by atoms with Gasteiger partial charge in [0.15, 0.2) is 0 Å². The predicted molar refractivity (Wildman–Crippen MR) is 114 cm³/mol. The second-order valence-electron chi connectivity index (χ2n) is 6.45. The first kappa shape index (κ1) is 21.3. The summed E-state index contributed by atoms with van der Waals surface area (Å²) in [5.41, 5.74) is 1.34. The van der Waals surface area contributed by atoms with Crippen molar-refractivity contribution < 1.29 is 19.4 Å². The van der Waals surface area contributed by atoms with Crippen molar-refractivity contribution in [2.75, 3.05) is 0 Å². The highest BCUT2D eigenvalue weighted by atomic mass is 16.6. The van der Waals surface area contributed by atoms with Gasteiger partial charge in [-0.3, -0.25) is 25.2 Å². The van der Waals surface area contributed by atoms with Gasteiger partial charge in [0.2, 0.25) is 0 Å². The summed E-state index contributed by atoms with van der Waals surface area (Å²) in [6.45, 7) is 2.05. The van der Waals surface area contributed by atoms with Gasteiger partial charge in [-0.05, 0) is 47.9 Å².